The lowest BCUT2D eigenvalue weighted by Gasteiger charge is -2.13. The number of esters is 1. The van der Waals surface area contributed by atoms with Crippen LogP contribution in [-0.2, 0) is 11.3 Å². The van der Waals surface area contributed by atoms with Crippen molar-refractivity contribution in [2.24, 2.45) is 0 Å². The number of benzene rings is 2. The molecule has 0 heterocycles. The SMILES string of the molecule is CCOC(=O)c1c(OCc2ccccc2)ccc(C(C)=O)c1[N+](=O)[O-]. The van der Waals surface area contributed by atoms with Crippen molar-refractivity contribution in [2.75, 3.05) is 6.61 Å². The van der Waals surface area contributed by atoms with Gasteiger partial charge in [-0.2, -0.15) is 0 Å². The Labute approximate surface area is 144 Å². The molecule has 0 aliphatic heterocycles. The summed E-state index contributed by atoms with van der Waals surface area (Å²) in [5.41, 5.74) is -0.289. The van der Waals surface area contributed by atoms with E-state index in [-0.39, 0.29) is 30.1 Å². The van der Waals surface area contributed by atoms with Crippen molar-refractivity contribution in [3.05, 3.63) is 69.3 Å². The monoisotopic (exact) mass is 343 g/mol. The van der Waals surface area contributed by atoms with Gasteiger partial charge in [0.25, 0.3) is 5.69 Å². The largest absolute Gasteiger partial charge is 0.488 e. The molecule has 0 fully saturated rings. The van der Waals surface area contributed by atoms with Crippen molar-refractivity contribution in [2.45, 2.75) is 20.5 Å². The van der Waals surface area contributed by atoms with Crippen molar-refractivity contribution in [1.82, 2.24) is 0 Å². The summed E-state index contributed by atoms with van der Waals surface area (Å²) in [5, 5.41) is 11.5. The molecule has 0 aromatic heterocycles. The number of rotatable bonds is 7. The molecule has 0 radical (unpaired) electrons. The molecule has 0 spiro atoms. The average Bonchev–Trinajstić information content (AvgIpc) is 2.59. The van der Waals surface area contributed by atoms with E-state index in [2.05, 4.69) is 0 Å². The van der Waals surface area contributed by atoms with E-state index in [1.807, 2.05) is 30.3 Å². The Bertz CT molecular complexity index is 801. The third kappa shape index (κ3) is 4.20. The van der Waals surface area contributed by atoms with Crippen molar-refractivity contribution in [1.29, 1.82) is 0 Å². The van der Waals surface area contributed by atoms with Crippen LogP contribution in [0.1, 0.15) is 40.1 Å². The van der Waals surface area contributed by atoms with Gasteiger partial charge in [-0.25, -0.2) is 4.79 Å². The molecule has 0 atom stereocenters. The Morgan fingerprint density at radius 1 is 1.12 bits per heavy atom. The smallest absolute Gasteiger partial charge is 0.349 e. The van der Waals surface area contributed by atoms with Gasteiger partial charge in [-0.3, -0.25) is 14.9 Å². The molecule has 0 bridgehead atoms. The number of nitrogens with zero attached hydrogens (tertiary/aromatic N) is 1. The molecule has 0 aliphatic rings. The Kier molecular flexibility index (Phi) is 5.84. The Morgan fingerprint density at radius 2 is 1.80 bits per heavy atom. The van der Waals surface area contributed by atoms with Crippen molar-refractivity contribution >= 4 is 17.4 Å². The van der Waals surface area contributed by atoms with Crippen LogP contribution < -0.4 is 4.74 Å². The molecule has 0 saturated carbocycles. The number of Topliss-reactive ketones (excluding diaryl/α,β-unsaturated/α-hetero) is 1. The number of hydrogen-bond acceptors (Lipinski definition) is 6. The highest BCUT2D eigenvalue weighted by atomic mass is 16.6. The minimum Gasteiger partial charge on any atom is -0.488 e. The maximum absolute atomic E-state index is 12.3. The molecule has 7 heteroatoms. The van der Waals surface area contributed by atoms with Gasteiger partial charge < -0.3 is 9.47 Å². The fourth-order valence-electron chi connectivity index (χ4n) is 2.30. The molecule has 0 saturated heterocycles. The topological polar surface area (TPSA) is 95.7 Å². The third-order valence-corrected chi connectivity index (χ3v) is 3.42. The van der Waals surface area contributed by atoms with Gasteiger partial charge in [0.15, 0.2) is 11.3 Å². The van der Waals surface area contributed by atoms with Gasteiger partial charge in [0.2, 0.25) is 0 Å². The first kappa shape index (κ1) is 18.1. The summed E-state index contributed by atoms with van der Waals surface area (Å²) in [6, 6.07) is 11.8. The Hall–Kier alpha value is -3.22. The average molecular weight is 343 g/mol. The highest BCUT2D eigenvalue weighted by Crippen LogP contribution is 2.33. The highest BCUT2D eigenvalue weighted by molar-refractivity contribution is 6.05. The van der Waals surface area contributed by atoms with E-state index in [4.69, 9.17) is 9.47 Å². The molecule has 2 aromatic rings. The number of carbonyl (C=O) groups is 2. The first-order chi connectivity index (χ1) is 12.0. The Morgan fingerprint density at radius 3 is 2.36 bits per heavy atom. The fourth-order valence-corrected chi connectivity index (χ4v) is 2.30. The van der Waals surface area contributed by atoms with E-state index < -0.39 is 22.4 Å². The Balaban J connectivity index is 2.50. The van der Waals surface area contributed by atoms with E-state index in [0.717, 1.165) is 5.56 Å². The van der Waals surface area contributed by atoms with Crippen LogP contribution in [0.3, 0.4) is 0 Å². The van der Waals surface area contributed by atoms with Gasteiger partial charge in [-0.15, -0.1) is 0 Å². The zero-order chi connectivity index (χ0) is 18.4. The number of hydrogen-bond donors (Lipinski definition) is 0. The zero-order valence-electron chi connectivity index (χ0n) is 13.9. The molecule has 2 aromatic carbocycles. The summed E-state index contributed by atoms with van der Waals surface area (Å²) < 4.78 is 10.5. The number of nitro benzene ring substituents is 1. The van der Waals surface area contributed by atoms with Crippen LogP contribution in [0.4, 0.5) is 5.69 Å². The van der Waals surface area contributed by atoms with Crippen LogP contribution in [0.5, 0.6) is 5.75 Å². The molecular formula is C18H17NO6. The van der Waals surface area contributed by atoms with Crippen molar-refractivity contribution in [3.63, 3.8) is 0 Å². The van der Waals surface area contributed by atoms with Crippen LogP contribution in [0.15, 0.2) is 42.5 Å². The van der Waals surface area contributed by atoms with Crippen molar-refractivity contribution < 1.29 is 24.0 Å². The lowest BCUT2D eigenvalue weighted by molar-refractivity contribution is -0.385. The third-order valence-electron chi connectivity index (χ3n) is 3.42. The van der Waals surface area contributed by atoms with Gasteiger partial charge in [-0.1, -0.05) is 30.3 Å². The summed E-state index contributed by atoms with van der Waals surface area (Å²) in [4.78, 5) is 34.7. The van der Waals surface area contributed by atoms with Gasteiger partial charge >= 0.3 is 5.97 Å². The van der Waals surface area contributed by atoms with E-state index in [1.54, 1.807) is 6.92 Å². The zero-order valence-corrected chi connectivity index (χ0v) is 13.9. The van der Waals surface area contributed by atoms with Gasteiger partial charge in [0.05, 0.1) is 17.1 Å². The molecule has 2 rings (SSSR count). The summed E-state index contributed by atoms with van der Waals surface area (Å²) >= 11 is 0. The second kappa shape index (κ2) is 8.05. The summed E-state index contributed by atoms with van der Waals surface area (Å²) in [5.74, 6) is -1.42. The first-order valence-corrected chi connectivity index (χ1v) is 7.61. The lowest BCUT2D eigenvalue weighted by atomic mass is 10.0. The first-order valence-electron chi connectivity index (χ1n) is 7.61. The number of carbonyl (C=O) groups excluding carboxylic acids is 2. The second-order valence-electron chi connectivity index (χ2n) is 5.14. The number of ketones is 1. The summed E-state index contributed by atoms with van der Waals surface area (Å²) in [6.07, 6.45) is 0. The normalized spacial score (nSPS) is 10.2. The molecule has 0 N–H and O–H groups in total. The van der Waals surface area contributed by atoms with Gasteiger partial charge in [0.1, 0.15) is 12.4 Å². The van der Waals surface area contributed by atoms with Crippen molar-refractivity contribution in [3.8, 4) is 5.75 Å². The molecule has 130 valence electrons. The maximum Gasteiger partial charge on any atom is 0.349 e. The maximum atomic E-state index is 12.3. The van der Waals surface area contributed by atoms with E-state index in [1.165, 1.54) is 19.1 Å². The molecular weight excluding hydrogens is 326 g/mol. The van der Waals surface area contributed by atoms with Crippen LogP contribution in [-0.4, -0.2) is 23.3 Å². The second-order valence-corrected chi connectivity index (χ2v) is 5.14. The predicted molar refractivity (Wildman–Crippen MR) is 89.8 cm³/mol. The fraction of sp³-hybridized carbons (Fsp3) is 0.222. The van der Waals surface area contributed by atoms with Gasteiger partial charge in [0, 0.05) is 0 Å². The standard InChI is InChI=1S/C18H17NO6/c1-3-24-18(21)16-15(25-11-13-7-5-4-6-8-13)10-9-14(12(2)20)17(16)19(22)23/h4-10H,3,11H2,1-2H3. The molecule has 7 nitrogen and oxygen atoms in total. The molecule has 0 unspecified atom stereocenters. The summed E-state index contributed by atoms with van der Waals surface area (Å²) in [6.45, 7) is 2.94. The molecule has 25 heavy (non-hydrogen) atoms. The number of ether oxygens (including phenoxy) is 2. The molecule has 0 aliphatic carbocycles. The van der Waals surface area contributed by atoms with Crippen LogP contribution in [0.2, 0.25) is 0 Å². The van der Waals surface area contributed by atoms with E-state index in [9.17, 15) is 19.7 Å². The number of nitro groups is 1. The molecule has 0 amide bonds. The van der Waals surface area contributed by atoms with E-state index in [0.29, 0.717) is 0 Å². The van der Waals surface area contributed by atoms with Gasteiger partial charge in [-0.05, 0) is 31.5 Å². The summed E-state index contributed by atoms with van der Waals surface area (Å²) in [7, 11) is 0. The van der Waals surface area contributed by atoms with E-state index >= 15 is 0 Å². The predicted octanol–water partition coefficient (Wildman–Crippen LogP) is 3.55. The quantitative estimate of drug-likeness (QED) is 0.330. The van der Waals surface area contributed by atoms with Crippen LogP contribution in [0, 0.1) is 10.1 Å². The lowest BCUT2D eigenvalue weighted by Crippen LogP contribution is -2.14. The minimum absolute atomic E-state index is 0.000923. The highest BCUT2D eigenvalue weighted by Gasteiger charge is 2.32. The van der Waals surface area contributed by atoms with Crippen LogP contribution in [0.25, 0.3) is 0 Å². The minimum atomic E-state index is -0.902. The van der Waals surface area contributed by atoms with Crippen LogP contribution >= 0.6 is 0 Å².